The molecule has 8 heteroatoms. The first-order chi connectivity index (χ1) is 7.38. The molecule has 0 spiro atoms. The molecule has 16 heavy (non-hydrogen) atoms. The van der Waals surface area contributed by atoms with Gasteiger partial charge in [-0.25, -0.2) is 17.9 Å². The number of nitrogens with one attached hydrogen (secondary N) is 1. The van der Waals surface area contributed by atoms with Crippen molar-refractivity contribution in [2.75, 3.05) is 6.54 Å². The second-order valence-electron chi connectivity index (χ2n) is 2.69. The van der Waals surface area contributed by atoms with Crippen molar-refractivity contribution in [3.05, 3.63) is 27.4 Å². The van der Waals surface area contributed by atoms with Gasteiger partial charge >= 0.3 is 5.97 Å². The molecule has 5 nitrogen and oxygen atoms in total. The zero-order valence-corrected chi connectivity index (χ0v) is 11.2. The van der Waals surface area contributed by atoms with Gasteiger partial charge in [0.25, 0.3) is 0 Å². The average molecular weight is 326 g/mol. The van der Waals surface area contributed by atoms with E-state index in [1.54, 1.807) is 0 Å². The van der Waals surface area contributed by atoms with E-state index in [0.29, 0.717) is 0 Å². The molecule has 1 aromatic rings. The van der Waals surface area contributed by atoms with Gasteiger partial charge in [-0.15, -0.1) is 17.9 Å². The van der Waals surface area contributed by atoms with Crippen LogP contribution >= 0.6 is 27.3 Å². The lowest BCUT2D eigenvalue weighted by Gasteiger charge is -2.01. The summed E-state index contributed by atoms with van der Waals surface area (Å²) in [6.45, 7) is 3.47. The molecule has 1 rings (SSSR count). The molecular weight excluding hydrogens is 318 g/mol. The second kappa shape index (κ2) is 5.09. The van der Waals surface area contributed by atoms with Gasteiger partial charge in [-0.2, -0.15) is 0 Å². The minimum absolute atomic E-state index is 0.0362. The van der Waals surface area contributed by atoms with E-state index in [9.17, 15) is 13.2 Å². The quantitative estimate of drug-likeness (QED) is 0.807. The number of carboxylic acids is 1. The monoisotopic (exact) mass is 325 g/mol. The van der Waals surface area contributed by atoms with Gasteiger partial charge in [0.1, 0.15) is 9.77 Å². The van der Waals surface area contributed by atoms with Gasteiger partial charge in [-0.3, -0.25) is 0 Å². The molecule has 0 aromatic carbocycles. The molecule has 1 heterocycles. The Morgan fingerprint density at radius 3 is 2.75 bits per heavy atom. The largest absolute Gasteiger partial charge is 0.477 e. The van der Waals surface area contributed by atoms with Crippen LogP contribution in [0.15, 0.2) is 27.4 Å². The van der Waals surface area contributed by atoms with Gasteiger partial charge in [-0.1, -0.05) is 6.08 Å². The molecule has 2 N–H and O–H groups in total. The highest BCUT2D eigenvalue weighted by atomic mass is 79.9. The number of aromatic carboxylic acids is 1. The summed E-state index contributed by atoms with van der Waals surface area (Å²) < 4.78 is 25.9. The van der Waals surface area contributed by atoms with Crippen molar-refractivity contribution in [3.63, 3.8) is 0 Å². The van der Waals surface area contributed by atoms with E-state index in [2.05, 4.69) is 27.2 Å². The predicted molar refractivity (Wildman–Crippen MR) is 64.4 cm³/mol. The maximum absolute atomic E-state index is 11.7. The Hall–Kier alpha value is -0.700. The highest BCUT2D eigenvalue weighted by molar-refractivity contribution is 9.11. The number of carbonyl (C=O) groups is 1. The SMILES string of the molecule is C=CCNS(=O)(=O)c1cc(C(=O)O)sc1Br. The third-order valence-corrected chi connectivity index (χ3v) is 5.24. The van der Waals surface area contributed by atoms with Crippen LogP contribution < -0.4 is 4.72 Å². The van der Waals surface area contributed by atoms with Crippen LogP contribution in [0.5, 0.6) is 0 Å². The summed E-state index contributed by atoms with van der Waals surface area (Å²) in [5.41, 5.74) is 0. The van der Waals surface area contributed by atoms with Crippen LogP contribution in [0, 0.1) is 0 Å². The summed E-state index contributed by atoms with van der Waals surface area (Å²) in [6.07, 6.45) is 1.40. The van der Waals surface area contributed by atoms with Crippen LogP contribution in [0.2, 0.25) is 0 Å². The average Bonchev–Trinajstić information content (AvgIpc) is 2.58. The van der Waals surface area contributed by atoms with E-state index in [1.807, 2.05) is 0 Å². The van der Waals surface area contributed by atoms with Crippen molar-refractivity contribution in [1.82, 2.24) is 4.72 Å². The Labute approximate surface area is 105 Å². The van der Waals surface area contributed by atoms with Gasteiger partial charge in [0.05, 0.1) is 3.79 Å². The number of halogens is 1. The molecule has 0 amide bonds. The Morgan fingerprint density at radius 1 is 1.69 bits per heavy atom. The molecule has 0 atom stereocenters. The molecule has 0 radical (unpaired) electrons. The summed E-state index contributed by atoms with van der Waals surface area (Å²) in [6, 6.07) is 1.11. The molecule has 0 aliphatic rings. The maximum Gasteiger partial charge on any atom is 0.345 e. The fourth-order valence-corrected chi connectivity index (χ4v) is 4.29. The summed E-state index contributed by atoms with van der Waals surface area (Å²) in [5, 5.41) is 8.72. The van der Waals surface area contributed by atoms with Crippen molar-refractivity contribution < 1.29 is 18.3 Å². The van der Waals surface area contributed by atoms with E-state index in [0.717, 1.165) is 17.4 Å². The van der Waals surface area contributed by atoms with Gasteiger partial charge in [0, 0.05) is 6.54 Å². The Balaban J connectivity index is 3.13. The minimum atomic E-state index is -3.69. The first kappa shape index (κ1) is 13.4. The Bertz CT molecular complexity index is 520. The number of thiophene rings is 1. The topological polar surface area (TPSA) is 83.5 Å². The van der Waals surface area contributed by atoms with Crippen molar-refractivity contribution in [3.8, 4) is 0 Å². The number of hydrogen-bond donors (Lipinski definition) is 2. The molecule has 0 aliphatic heterocycles. The van der Waals surface area contributed by atoms with Gasteiger partial charge in [0.2, 0.25) is 10.0 Å². The molecular formula is C8H8BrNO4S2. The number of rotatable bonds is 5. The van der Waals surface area contributed by atoms with Crippen LogP contribution in [0.4, 0.5) is 0 Å². The number of hydrogen-bond acceptors (Lipinski definition) is 4. The van der Waals surface area contributed by atoms with Gasteiger partial charge < -0.3 is 5.11 Å². The Morgan fingerprint density at radius 2 is 2.31 bits per heavy atom. The highest BCUT2D eigenvalue weighted by Crippen LogP contribution is 2.31. The third kappa shape index (κ3) is 2.91. The molecule has 0 saturated carbocycles. The Kier molecular flexibility index (Phi) is 4.25. The van der Waals surface area contributed by atoms with Crippen molar-refractivity contribution in [2.45, 2.75) is 4.90 Å². The standard InChI is InChI=1S/C8H8BrNO4S2/c1-2-3-10-16(13,14)6-4-5(8(11)12)15-7(6)9/h2,4,10H,1,3H2,(H,11,12). The van der Waals surface area contributed by atoms with Crippen molar-refractivity contribution in [1.29, 1.82) is 0 Å². The summed E-state index contributed by atoms with van der Waals surface area (Å²) in [5.74, 6) is -1.16. The van der Waals surface area contributed by atoms with E-state index in [-0.39, 0.29) is 20.1 Å². The molecule has 0 saturated heterocycles. The highest BCUT2D eigenvalue weighted by Gasteiger charge is 2.22. The third-order valence-electron chi connectivity index (χ3n) is 1.57. The molecule has 0 aliphatic carbocycles. The lowest BCUT2D eigenvalue weighted by molar-refractivity contribution is 0.0702. The molecule has 0 bridgehead atoms. The maximum atomic E-state index is 11.7. The van der Waals surface area contributed by atoms with Gasteiger partial charge in [-0.05, 0) is 22.0 Å². The van der Waals surface area contributed by atoms with Crippen molar-refractivity contribution in [2.24, 2.45) is 0 Å². The fourth-order valence-electron chi connectivity index (χ4n) is 0.887. The zero-order valence-electron chi connectivity index (χ0n) is 7.94. The van der Waals surface area contributed by atoms with E-state index in [1.165, 1.54) is 6.08 Å². The van der Waals surface area contributed by atoms with E-state index < -0.39 is 16.0 Å². The molecule has 1 aromatic heterocycles. The predicted octanol–water partition coefficient (Wildman–Crippen LogP) is 1.67. The van der Waals surface area contributed by atoms with Crippen LogP contribution in [0.1, 0.15) is 9.67 Å². The van der Waals surface area contributed by atoms with E-state index in [4.69, 9.17) is 5.11 Å². The first-order valence-electron chi connectivity index (χ1n) is 4.01. The van der Waals surface area contributed by atoms with Crippen LogP contribution in [0.25, 0.3) is 0 Å². The number of carboxylic acid groups (broad SMARTS) is 1. The van der Waals surface area contributed by atoms with Gasteiger partial charge in [0.15, 0.2) is 0 Å². The van der Waals surface area contributed by atoms with Crippen LogP contribution in [-0.2, 0) is 10.0 Å². The zero-order chi connectivity index (χ0) is 12.3. The van der Waals surface area contributed by atoms with E-state index >= 15 is 0 Å². The van der Waals surface area contributed by atoms with Crippen LogP contribution in [0.3, 0.4) is 0 Å². The summed E-state index contributed by atoms with van der Waals surface area (Å²) in [7, 11) is -3.69. The second-order valence-corrected chi connectivity index (χ2v) is 6.80. The normalized spacial score (nSPS) is 11.3. The minimum Gasteiger partial charge on any atom is -0.477 e. The summed E-state index contributed by atoms with van der Waals surface area (Å²) >= 11 is 3.88. The lowest BCUT2D eigenvalue weighted by atomic mass is 10.5. The lowest BCUT2D eigenvalue weighted by Crippen LogP contribution is -2.23. The number of sulfonamides is 1. The summed E-state index contributed by atoms with van der Waals surface area (Å²) in [4.78, 5) is 10.6. The smallest absolute Gasteiger partial charge is 0.345 e. The van der Waals surface area contributed by atoms with Crippen LogP contribution in [-0.4, -0.2) is 26.0 Å². The fraction of sp³-hybridized carbons (Fsp3) is 0.125. The van der Waals surface area contributed by atoms with Crippen molar-refractivity contribution >= 4 is 43.3 Å². The molecule has 0 fully saturated rings. The molecule has 88 valence electrons. The first-order valence-corrected chi connectivity index (χ1v) is 7.11. The molecule has 0 unspecified atom stereocenters.